The van der Waals surface area contributed by atoms with E-state index in [-0.39, 0.29) is 18.3 Å². The van der Waals surface area contributed by atoms with Crippen LogP contribution in [-0.2, 0) is 22.2 Å². The second-order valence-corrected chi connectivity index (χ2v) is 9.45. The summed E-state index contributed by atoms with van der Waals surface area (Å²) < 4.78 is 42.9. The summed E-state index contributed by atoms with van der Waals surface area (Å²) in [5, 5.41) is 3.05. The lowest BCUT2D eigenvalue weighted by molar-refractivity contribution is 0.305. The van der Waals surface area contributed by atoms with Gasteiger partial charge in [-0.2, -0.15) is 4.98 Å². The van der Waals surface area contributed by atoms with Crippen molar-refractivity contribution in [2.45, 2.75) is 12.4 Å². The van der Waals surface area contributed by atoms with Crippen molar-refractivity contribution < 1.29 is 17.5 Å². The van der Waals surface area contributed by atoms with Gasteiger partial charge in [-0.05, 0) is 47.5 Å². The summed E-state index contributed by atoms with van der Waals surface area (Å²) in [6.45, 7) is 0.224. The smallest absolute Gasteiger partial charge is 0.230 e. The molecule has 1 N–H and O–H groups in total. The molecule has 0 aliphatic heterocycles. The van der Waals surface area contributed by atoms with Gasteiger partial charge in [0.05, 0.1) is 11.3 Å². The molecule has 2 aromatic heterocycles. The van der Waals surface area contributed by atoms with E-state index in [1.807, 2.05) is 12.1 Å². The highest BCUT2D eigenvalue weighted by atomic mass is 32.2. The van der Waals surface area contributed by atoms with E-state index in [0.29, 0.717) is 28.4 Å². The maximum atomic E-state index is 13.9. The molecule has 0 spiro atoms. The molecule has 33 heavy (non-hydrogen) atoms. The Morgan fingerprint density at radius 3 is 2.61 bits per heavy atom. The second-order valence-electron chi connectivity index (χ2n) is 7.31. The summed E-state index contributed by atoms with van der Waals surface area (Å²) in [4.78, 5) is 16.7. The Labute approximate surface area is 190 Å². The van der Waals surface area contributed by atoms with Crippen molar-refractivity contribution in [1.82, 2.24) is 19.9 Å². The third kappa shape index (κ3) is 6.30. The van der Waals surface area contributed by atoms with Gasteiger partial charge in [0.2, 0.25) is 5.95 Å². The lowest BCUT2D eigenvalue weighted by Gasteiger charge is -2.12. The molecule has 0 atom stereocenters. The van der Waals surface area contributed by atoms with Gasteiger partial charge in [0, 0.05) is 30.4 Å². The van der Waals surface area contributed by atoms with Crippen LogP contribution < -0.4 is 10.1 Å². The first kappa shape index (κ1) is 22.3. The molecule has 4 aromatic rings. The molecule has 4 rings (SSSR count). The van der Waals surface area contributed by atoms with E-state index in [0.717, 1.165) is 5.56 Å². The van der Waals surface area contributed by atoms with Crippen LogP contribution in [0, 0.1) is 5.82 Å². The quantitative estimate of drug-likeness (QED) is 0.417. The van der Waals surface area contributed by atoms with Gasteiger partial charge >= 0.3 is 0 Å². The van der Waals surface area contributed by atoms with Crippen molar-refractivity contribution >= 4 is 21.5 Å². The summed E-state index contributed by atoms with van der Waals surface area (Å²) in [6.07, 6.45) is 5.82. The molecule has 168 valence electrons. The Hall–Kier alpha value is -3.92. The van der Waals surface area contributed by atoms with E-state index in [2.05, 4.69) is 25.3 Å². The van der Waals surface area contributed by atoms with Crippen LogP contribution in [0.3, 0.4) is 0 Å². The molecule has 0 amide bonds. The minimum Gasteiger partial charge on any atom is -0.488 e. The van der Waals surface area contributed by atoms with E-state index in [1.165, 1.54) is 24.7 Å². The first-order valence-corrected chi connectivity index (χ1v) is 12.0. The summed E-state index contributed by atoms with van der Waals surface area (Å²) in [7, 11) is -3.16. The largest absolute Gasteiger partial charge is 0.488 e. The van der Waals surface area contributed by atoms with Crippen LogP contribution in [0.5, 0.6) is 5.75 Å². The SMILES string of the molecule is CS(=O)(=O)Cc1cccc(Nc2ncnc(-c3ccc(F)cc3OCc3ccncc3)n2)c1. The number of ether oxygens (including phenoxy) is 1. The van der Waals surface area contributed by atoms with Gasteiger partial charge in [-0.15, -0.1) is 0 Å². The average molecular weight is 466 g/mol. The van der Waals surface area contributed by atoms with E-state index >= 15 is 0 Å². The second kappa shape index (κ2) is 9.70. The van der Waals surface area contributed by atoms with Crippen molar-refractivity contribution in [1.29, 1.82) is 0 Å². The van der Waals surface area contributed by atoms with E-state index in [9.17, 15) is 12.8 Å². The Morgan fingerprint density at radius 1 is 1.00 bits per heavy atom. The number of nitrogens with one attached hydrogen (secondary N) is 1. The number of nitrogens with zero attached hydrogens (tertiary/aromatic N) is 4. The number of rotatable bonds is 8. The number of hydrogen-bond acceptors (Lipinski definition) is 8. The molecular weight excluding hydrogens is 445 g/mol. The van der Waals surface area contributed by atoms with Crippen molar-refractivity contribution in [2.24, 2.45) is 0 Å². The fourth-order valence-electron chi connectivity index (χ4n) is 3.10. The fraction of sp³-hybridized carbons (Fsp3) is 0.130. The maximum absolute atomic E-state index is 13.9. The number of anilines is 2. The number of halogens is 1. The molecule has 0 radical (unpaired) electrons. The summed E-state index contributed by atoms with van der Waals surface area (Å²) in [6, 6.07) is 14.7. The van der Waals surface area contributed by atoms with Crippen LogP contribution in [0.4, 0.5) is 16.0 Å². The summed E-state index contributed by atoms with van der Waals surface area (Å²) in [5.41, 5.74) is 2.65. The van der Waals surface area contributed by atoms with Crippen LogP contribution in [0.2, 0.25) is 0 Å². The minimum atomic E-state index is -3.16. The highest BCUT2D eigenvalue weighted by Crippen LogP contribution is 2.29. The van der Waals surface area contributed by atoms with Crippen LogP contribution >= 0.6 is 0 Å². The molecule has 0 aliphatic rings. The Balaban J connectivity index is 1.57. The minimum absolute atomic E-state index is 0.0707. The molecule has 10 heteroatoms. The van der Waals surface area contributed by atoms with Gasteiger partial charge in [-0.1, -0.05) is 12.1 Å². The van der Waals surface area contributed by atoms with Crippen LogP contribution in [-0.4, -0.2) is 34.6 Å². The zero-order chi connectivity index (χ0) is 23.3. The maximum Gasteiger partial charge on any atom is 0.230 e. The molecule has 0 fully saturated rings. The number of sulfone groups is 1. The van der Waals surface area contributed by atoms with Gasteiger partial charge in [0.15, 0.2) is 15.7 Å². The summed E-state index contributed by atoms with van der Waals surface area (Å²) >= 11 is 0. The Kier molecular flexibility index (Phi) is 6.55. The normalized spacial score (nSPS) is 11.2. The molecule has 0 saturated carbocycles. The zero-order valence-electron chi connectivity index (χ0n) is 17.6. The predicted octanol–water partition coefficient (Wildman–Crippen LogP) is 3.94. The van der Waals surface area contributed by atoms with Crippen molar-refractivity contribution in [2.75, 3.05) is 11.6 Å². The Morgan fingerprint density at radius 2 is 1.82 bits per heavy atom. The first-order valence-electron chi connectivity index (χ1n) is 9.90. The standard InChI is InChI=1S/C23H20FN5O3S/c1-33(30,31)14-17-3-2-4-19(11-17)28-23-27-15-26-22(29-23)20-6-5-18(24)12-21(20)32-13-16-7-9-25-10-8-16/h2-12,15H,13-14H2,1H3,(H,26,27,28,29). The zero-order valence-corrected chi connectivity index (χ0v) is 18.5. The topological polar surface area (TPSA) is 107 Å². The third-order valence-electron chi connectivity index (χ3n) is 4.51. The van der Waals surface area contributed by atoms with Crippen LogP contribution in [0.25, 0.3) is 11.4 Å². The monoisotopic (exact) mass is 465 g/mol. The molecule has 8 nitrogen and oxygen atoms in total. The van der Waals surface area contributed by atoms with Crippen molar-refractivity contribution in [3.8, 4) is 17.1 Å². The van der Waals surface area contributed by atoms with Gasteiger partial charge in [-0.25, -0.2) is 22.8 Å². The highest BCUT2D eigenvalue weighted by molar-refractivity contribution is 7.89. The lowest BCUT2D eigenvalue weighted by atomic mass is 10.2. The van der Waals surface area contributed by atoms with E-state index < -0.39 is 15.7 Å². The number of aromatic nitrogens is 4. The van der Waals surface area contributed by atoms with E-state index in [1.54, 1.807) is 42.7 Å². The molecule has 0 bridgehead atoms. The first-order chi connectivity index (χ1) is 15.9. The number of hydrogen-bond donors (Lipinski definition) is 1. The molecule has 2 heterocycles. The molecule has 0 saturated heterocycles. The fourth-order valence-corrected chi connectivity index (χ4v) is 3.88. The van der Waals surface area contributed by atoms with Gasteiger partial charge in [0.1, 0.15) is 24.5 Å². The molecular formula is C23H20FN5O3S. The van der Waals surface area contributed by atoms with E-state index in [4.69, 9.17) is 4.74 Å². The third-order valence-corrected chi connectivity index (χ3v) is 5.37. The molecule has 0 aliphatic carbocycles. The summed E-state index contributed by atoms with van der Waals surface area (Å²) in [5.74, 6) is 0.321. The van der Waals surface area contributed by atoms with Crippen LogP contribution in [0.15, 0.2) is 73.3 Å². The lowest BCUT2D eigenvalue weighted by Crippen LogP contribution is -2.04. The van der Waals surface area contributed by atoms with Gasteiger partial charge in [-0.3, -0.25) is 4.98 Å². The van der Waals surface area contributed by atoms with Gasteiger partial charge < -0.3 is 10.1 Å². The Bertz CT molecular complexity index is 1370. The highest BCUT2D eigenvalue weighted by Gasteiger charge is 2.13. The van der Waals surface area contributed by atoms with Crippen molar-refractivity contribution in [3.05, 3.63) is 90.3 Å². The molecule has 0 unspecified atom stereocenters. The average Bonchev–Trinajstić information content (AvgIpc) is 2.78. The predicted molar refractivity (Wildman–Crippen MR) is 122 cm³/mol. The van der Waals surface area contributed by atoms with Gasteiger partial charge in [0.25, 0.3) is 0 Å². The number of benzene rings is 2. The molecule has 2 aromatic carbocycles. The van der Waals surface area contributed by atoms with Crippen molar-refractivity contribution in [3.63, 3.8) is 0 Å². The van der Waals surface area contributed by atoms with Crippen LogP contribution in [0.1, 0.15) is 11.1 Å². The number of pyridine rings is 1.